The second kappa shape index (κ2) is 7.47. The summed E-state index contributed by atoms with van der Waals surface area (Å²) in [7, 11) is 0. The zero-order valence-electron chi connectivity index (χ0n) is 13.7. The number of rotatable bonds is 4. The van der Waals surface area contributed by atoms with E-state index in [1.165, 1.54) is 4.90 Å². The molecule has 0 saturated carbocycles. The van der Waals surface area contributed by atoms with Gasteiger partial charge in [-0.2, -0.15) is 5.26 Å². The van der Waals surface area contributed by atoms with Gasteiger partial charge >= 0.3 is 0 Å². The molecule has 25 heavy (non-hydrogen) atoms. The summed E-state index contributed by atoms with van der Waals surface area (Å²) < 4.78 is 0. The number of carbonyl (C=O) groups is 2. The van der Waals surface area contributed by atoms with Crippen LogP contribution in [0.5, 0.6) is 0 Å². The zero-order chi connectivity index (χ0) is 17.3. The number of hydrogen-bond donors (Lipinski definition) is 1. The monoisotopic (exact) mass is 355 g/mol. The smallest absolute Gasteiger partial charge is 0.261 e. The minimum Gasteiger partial charge on any atom is -0.326 e. The molecule has 6 heteroatoms. The third-order valence-corrected chi connectivity index (χ3v) is 4.20. The standard InChI is InChI=1S/C19H17N3O2.ClH/c1-12-8-13(6-7-14(12)10-20)9-15(21)11-22-18(23)16-4-2-3-5-17(16)19(22)24;/h2-8,15H,9,11,21H2,1H3;1H/t15-;/m1./s1. The van der Waals surface area contributed by atoms with Crippen LogP contribution in [0.3, 0.4) is 0 Å². The van der Waals surface area contributed by atoms with Gasteiger partial charge in [-0.15, -0.1) is 12.4 Å². The predicted octanol–water partition coefficient (Wildman–Crippen LogP) is 2.45. The van der Waals surface area contributed by atoms with Crippen molar-refractivity contribution in [2.24, 2.45) is 5.73 Å². The average molecular weight is 356 g/mol. The first-order valence-corrected chi connectivity index (χ1v) is 7.71. The summed E-state index contributed by atoms with van der Waals surface area (Å²) in [5.41, 5.74) is 9.53. The minimum atomic E-state index is -0.362. The largest absolute Gasteiger partial charge is 0.326 e. The first-order valence-electron chi connectivity index (χ1n) is 7.71. The van der Waals surface area contributed by atoms with Crippen molar-refractivity contribution < 1.29 is 9.59 Å². The highest BCUT2D eigenvalue weighted by Crippen LogP contribution is 2.22. The van der Waals surface area contributed by atoms with Crippen molar-refractivity contribution in [3.8, 4) is 6.07 Å². The maximum absolute atomic E-state index is 12.3. The molecule has 3 rings (SSSR count). The van der Waals surface area contributed by atoms with Gasteiger partial charge in [0.1, 0.15) is 0 Å². The fourth-order valence-corrected chi connectivity index (χ4v) is 2.98. The molecule has 0 aliphatic carbocycles. The van der Waals surface area contributed by atoms with E-state index in [9.17, 15) is 9.59 Å². The van der Waals surface area contributed by atoms with Crippen molar-refractivity contribution in [3.63, 3.8) is 0 Å². The first kappa shape index (κ1) is 18.7. The van der Waals surface area contributed by atoms with Gasteiger partial charge in [0.25, 0.3) is 11.8 Å². The van der Waals surface area contributed by atoms with Crippen LogP contribution in [-0.4, -0.2) is 29.3 Å². The van der Waals surface area contributed by atoms with E-state index < -0.39 is 0 Å². The summed E-state index contributed by atoms with van der Waals surface area (Å²) >= 11 is 0. The van der Waals surface area contributed by atoms with Crippen molar-refractivity contribution in [2.75, 3.05) is 6.54 Å². The fraction of sp³-hybridized carbons (Fsp3) is 0.211. The molecule has 0 aromatic heterocycles. The minimum absolute atomic E-state index is 0. The molecule has 2 amide bonds. The molecule has 5 nitrogen and oxygen atoms in total. The van der Waals surface area contributed by atoms with Crippen LogP contribution in [0.25, 0.3) is 0 Å². The lowest BCUT2D eigenvalue weighted by Crippen LogP contribution is -2.41. The van der Waals surface area contributed by atoms with Crippen LogP contribution < -0.4 is 5.73 Å². The number of hydrogen-bond acceptors (Lipinski definition) is 4. The number of aryl methyl sites for hydroxylation is 1. The number of benzene rings is 2. The molecule has 2 N–H and O–H groups in total. The van der Waals surface area contributed by atoms with Crippen LogP contribution in [0.15, 0.2) is 42.5 Å². The molecule has 2 aromatic carbocycles. The molecule has 0 saturated heterocycles. The first-order chi connectivity index (χ1) is 11.5. The van der Waals surface area contributed by atoms with E-state index in [1.807, 2.05) is 19.1 Å². The number of carbonyl (C=O) groups excluding carboxylic acids is 2. The number of halogens is 1. The van der Waals surface area contributed by atoms with E-state index >= 15 is 0 Å². The van der Waals surface area contributed by atoms with E-state index in [1.54, 1.807) is 30.3 Å². The molecule has 2 aromatic rings. The highest BCUT2D eigenvalue weighted by atomic mass is 35.5. The SMILES string of the molecule is Cc1cc(C[C@@H](N)CN2C(=O)c3ccccc3C2=O)ccc1C#N.Cl. The van der Waals surface area contributed by atoms with E-state index in [4.69, 9.17) is 11.0 Å². The van der Waals surface area contributed by atoms with Gasteiger partial charge in [-0.3, -0.25) is 14.5 Å². The zero-order valence-corrected chi connectivity index (χ0v) is 14.5. The lowest BCUT2D eigenvalue weighted by atomic mass is 10.0. The summed E-state index contributed by atoms with van der Waals surface area (Å²) in [6, 6.07) is 14.1. The lowest BCUT2D eigenvalue weighted by molar-refractivity contribution is 0.0644. The van der Waals surface area contributed by atoms with Gasteiger partial charge in [-0.05, 0) is 42.7 Å². The van der Waals surface area contributed by atoms with Crippen molar-refractivity contribution in [3.05, 3.63) is 70.3 Å². The molecule has 0 radical (unpaired) electrons. The van der Waals surface area contributed by atoms with Gasteiger partial charge < -0.3 is 5.73 Å². The summed E-state index contributed by atoms with van der Waals surface area (Å²) in [6.07, 6.45) is 0.528. The van der Waals surface area contributed by atoms with Crippen molar-refractivity contribution in [1.29, 1.82) is 5.26 Å². The second-order valence-electron chi connectivity index (χ2n) is 5.99. The number of nitrogens with zero attached hydrogens (tertiary/aromatic N) is 2. The van der Waals surface area contributed by atoms with Crippen LogP contribution in [-0.2, 0) is 6.42 Å². The third kappa shape index (κ3) is 3.55. The summed E-state index contributed by atoms with van der Waals surface area (Å²) in [4.78, 5) is 25.9. The molecule has 1 aliphatic rings. The topological polar surface area (TPSA) is 87.2 Å². The van der Waals surface area contributed by atoms with E-state index in [-0.39, 0.29) is 36.8 Å². The Morgan fingerprint density at radius 1 is 1.12 bits per heavy atom. The number of nitrogens with two attached hydrogens (primary N) is 1. The van der Waals surface area contributed by atoms with Gasteiger partial charge in [-0.25, -0.2) is 0 Å². The van der Waals surface area contributed by atoms with Gasteiger partial charge in [0.2, 0.25) is 0 Å². The number of imide groups is 1. The maximum Gasteiger partial charge on any atom is 0.261 e. The Kier molecular flexibility index (Phi) is 5.58. The number of amides is 2. The van der Waals surface area contributed by atoms with E-state index in [0.29, 0.717) is 23.1 Å². The number of fused-ring (bicyclic) bond motifs is 1. The van der Waals surface area contributed by atoms with E-state index in [2.05, 4.69) is 6.07 Å². The molecule has 0 spiro atoms. The van der Waals surface area contributed by atoms with Crippen LogP contribution in [0, 0.1) is 18.3 Å². The van der Waals surface area contributed by atoms with Crippen LogP contribution >= 0.6 is 12.4 Å². The van der Waals surface area contributed by atoms with Gasteiger partial charge in [0.05, 0.1) is 22.8 Å². The molecule has 1 aliphatic heterocycles. The maximum atomic E-state index is 12.3. The molecule has 0 unspecified atom stereocenters. The van der Waals surface area contributed by atoms with Gasteiger partial charge in [0.15, 0.2) is 0 Å². The Labute approximate surface area is 152 Å². The molecule has 0 fully saturated rings. The summed E-state index contributed by atoms with van der Waals surface area (Å²) in [5, 5.41) is 8.97. The predicted molar refractivity (Wildman–Crippen MR) is 96.6 cm³/mol. The Morgan fingerprint density at radius 3 is 2.24 bits per heavy atom. The number of nitriles is 1. The molecule has 1 atom stereocenters. The van der Waals surface area contributed by atoms with Crippen LogP contribution in [0.1, 0.15) is 37.4 Å². The van der Waals surface area contributed by atoms with Crippen molar-refractivity contribution >= 4 is 24.2 Å². The van der Waals surface area contributed by atoms with Crippen molar-refractivity contribution in [1.82, 2.24) is 4.90 Å². The highest BCUT2D eigenvalue weighted by molar-refractivity contribution is 6.21. The lowest BCUT2D eigenvalue weighted by Gasteiger charge is -2.19. The molecule has 0 bridgehead atoms. The second-order valence-corrected chi connectivity index (χ2v) is 5.99. The summed E-state index contributed by atoms with van der Waals surface area (Å²) in [6.45, 7) is 2.04. The van der Waals surface area contributed by atoms with Crippen molar-refractivity contribution in [2.45, 2.75) is 19.4 Å². The molecular formula is C19H18ClN3O2. The van der Waals surface area contributed by atoms with Crippen LogP contribution in [0.4, 0.5) is 0 Å². The third-order valence-electron chi connectivity index (χ3n) is 4.20. The molecule has 128 valence electrons. The Morgan fingerprint density at radius 2 is 1.72 bits per heavy atom. The highest BCUT2D eigenvalue weighted by Gasteiger charge is 2.35. The quantitative estimate of drug-likeness (QED) is 0.853. The van der Waals surface area contributed by atoms with E-state index in [0.717, 1.165) is 11.1 Å². The van der Waals surface area contributed by atoms with Gasteiger partial charge in [0, 0.05) is 12.6 Å². The van der Waals surface area contributed by atoms with Crippen LogP contribution in [0.2, 0.25) is 0 Å². The van der Waals surface area contributed by atoms with Gasteiger partial charge in [-0.1, -0.05) is 24.3 Å². The molecule has 1 heterocycles. The Bertz CT molecular complexity index is 838. The average Bonchev–Trinajstić information content (AvgIpc) is 2.80. The Hall–Kier alpha value is -2.68. The summed E-state index contributed by atoms with van der Waals surface area (Å²) in [5.74, 6) is -0.580. The normalized spacial score (nSPS) is 13.9. The molecular weight excluding hydrogens is 338 g/mol. The fourth-order valence-electron chi connectivity index (χ4n) is 2.98. The Balaban J connectivity index is 0.00000225.